The molecule has 108 valence electrons. The minimum atomic E-state index is -3.38. The number of anilines is 1. The lowest BCUT2D eigenvalue weighted by Crippen LogP contribution is -2.31. The quantitative estimate of drug-likeness (QED) is 0.790. The van der Waals surface area contributed by atoms with Gasteiger partial charge in [0.1, 0.15) is 5.75 Å². The van der Waals surface area contributed by atoms with Crippen LogP contribution in [0.1, 0.15) is 13.8 Å². The first-order valence-corrected chi connectivity index (χ1v) is 8.36. The van der Waals surface area contributed by atoms with Gasteiger partial charge in [0.05, 0.1) is 18.6 Å². The van der Waals surface area contributed by atoms with Gasteiger partial charge in [-0.3, -0.25) is 4.72 Å². The van der Waals surface area contributed by atoms with Crippen molar-refractivity contribution >= 4 is 31.6 Å². The van der Waals surface area contributed by atoms with Crippen LogP contribution in [0, 0.1) is 0 Å². The van der Waals surface area contributed by atoms with Crippen LogP contribution < -0.4 is 14.8 Å². The molecule has 0 radical (unpaired) electrons. The van der Waals surface area contributed by atoms with Gasteiger partial charge < -0.3 is 10.1 Å². The Hall–Kier alpha value is -0.790. The molecule has 1 aromatic rings. The standard InChI is InChI=1S/C12H19BrN2O3S/c1-9(2)14-6-7-19(16,17)15-12-8-10(18-3)4-5-11(12)13/h4-5,8-9,14-15H,6-7H2,1-3H3. The third-order valence-electron chi connectivity index (χ3n) is 2.36. The Bertz CT molecular complexity index is 518. The maximum Gasteiger partial charge on any atom is 0.234 e. The minimum absolute atomic E-state index is 0.0226. The number of hydrogen-bond acceptors (Lipinski definition) is 4. The molecule has 0 heterocycles. The fourth-order valence-electron chi connectivity index (χ4n) is 1.41. The third-order valence-corrected chi connectivity index (χ3v) is 4.33. The van der Waals surface area contributed by atoms with E-state index in [9.17, 15) is 8.42 Å². The monoisotopic (exact) mass is 350 g/mol. The van der Waals surface area contributed by atoms with Gasteiger partial charge in [0.2, 0.25) is 10.0 Å². The molecule has 0 spiro atoms. The van der Waals surface area contributed by atoms with Crippen molar-refractivity contribution in [3.8, 4) is 5.75 Å². The zero-order valence-corrected chi connectivity index (χ0v) is 13.6. The number of rotatable bonds is 7. The van der Waals surface area contributed by atoms with E-state index in [4.69, 9.17) is 4.74 Å². The molecule has 2 N–H and O–H groups in total. The number of ether oxygens (including phenoxy) is 1. The molecule has 0 fully saturated rings. The molecular formula is C12H19BrN2O3S. The summed E-state index contributed by atoms with van der Waals surface area (Å²) >= 11 is 3.31. The second-order valence-corrected chi connectivity index (χ2v) is 7.07. The Labute approximate surface area is 122 Å². The van der Waals surface area contributed by atoms with E-state index in [0.29, 0.717) is 22.5 Å². The lowest BCUT2D eigenvalue weighted by Gasteiger charge is -2.12. The SMILES string of the molecule is COc1ccc(Br)c(NS(=O)(=O)CCNC(C)C)c1. The minimum Gasteiger partial charge on any atom is -0.497 e. The van der Waals surface area contributed by atoms with E-state index in [-0.39, 0.29) is 11.8 Å². The summed E-state index contributed by atoms with van der Waals surface area (Å²) in [6.45, 7) is 4.35. The fraction of sp³-hybridized carbons (Fsp3) is 0.500. The van der Waals surface area contributed by atoms with Crippen LogP contribution in [0.4, 0.5) is 5.69 Å². The van der Waals surface area contributed by atoms with Gasteiger partial charge in [-0.2, -0.15) is 0 Å². The molecule has 0 unspecified atom stereocenters. The van der Waals surface area contributed by atoms with E-state index in [1.54, 1.807) is 18.2 Å². The predicted octanol–water partition coefficient (Wildman–Crippen LogP) is 2.20. The first-order chi connectivity index (χ1) is 8.84. The lowest BCUT2D eigenvalue weighted by atomic mass is 10.3. The predicted molar refractivity (Wildman–Crippen MR) is 81.2 cm³/mol. The summed E-state index contributed by atoms with van der Waals surface area (Å²) in [5, 5.41) is 3.07. The number of methoxy groups -OCH3 is 1. The van der Waals surface area contributed by atoms with Gasteiger partial charge in [-0.25, -0.2) is 8.42 Å². The van der Waals surface area contributed by atoms with Crippen molar-refractivity contribution in [3.05, 3.63) is 22.7 Å². The summed E-state index contributed by atoms with van der Waals surface area (Å²) in [5.41, 5.74) is 0.476. The zero-order chi connectivity index (χ0) is 14.5. The highest BCUT2D eigenvalue weighted by molar-refractivity contribution is 9.10. The molecule has 5 nitrogen and oxygen atoms in total. The molecule has 0 bridgehead atoms. The Balaban J connectivity index is 2.72. The van der Waals surface area contributed by atoms with Crippen LogP contribution in [0.3, 0.4) is 0 Å². The van der Waals surface area contributed by atoms with Crippen LogP contribution in [0.25, 0.3) is 0 Å². The van der Waals surface area contributed by atoms with E-state index in [2.05, 4.69) is 26.0 Å². The summed E-state index contributed by atoms with van der Waals surface area (Å²) in [6, 6.07) is 5.39. The summed E-state index contributed by atoms with van der Waals surface area (Å²) in [5.74, 6) is 0.621. The maximum atomic E-state index is 11.9. The average molecular weight is 351 g/mol. The molecule has 0 amide bonds. The number of sulfonamides is 1. The van der Waals surface area contributed by atoms with Crippen LogP contribution in [-0.2, 0) is 10.0 Å². The maximum absolute atomic E-state index is 11.9. The summed E-state index contributed by atoms with van der Waals surface area (Å²) in [7, 11) is -1.84. The highest BCUT2D eigenvalue weighted by atomic mass is 79.9. The first kappa shape index (κ1) is 16.3. The smallest absolute Gasteiger partial charge is 0.234 e. The zero-order valence-electron chi connectivity index (χ0n) is 11.2. The molecule has 0 aliphatic heterocycles. The van der Waals surface area contributed by atoms with Gasteiger partial charge in [-0.15, -0.1) is 0 Å². The Morgan fingerprint density at radius 2 is 2.05 bits per heavy atom. The molecule has 0 aromatic heterocycles. The van der Waals surface area contributed by atoms with E-state index in [1.165, 1.54) is 7.11 Å². The number of nitrogens with one attached hydrogen (secondary N) is 2. The van der Waals surface area contributed by atoms with Crippen molar-refractivity contribution in [3.63, 3.8) is 0 Å². The molecule has 0 atom stereocenters. The van der Waals surface area contributed by atoms with Gasteiger partial charge in [0.25, 0.3) is 0 Å². The molecule has 1 aromatic carbocycles. The van der Waals surface area contributed by atoms with Crippen LogP contribution in [0.15, 0.2) is 22.7 Å². The van der Waals surface area contributed by atoms with E-state index in [1.807, 2.05) is 13.8 Å². The van der Waals surface area contributed by atoms with Gasteiger partial charge in [0.15, 0.2) is 0 Å². The van der Waals surface area contributed by atoms with Crippen LogP contribution in [0.5, 0.6) is 5.75 Å². The largest absolute Gasteiger partial charge is 0.497 e. The van der Waals surface area contributed by atoms with Crippen molar-refractivity contribution < 1.29 is 13.2 Å². The van der Waals surface area contributed by atoms with Crippen molar-refractivity contribution in [2.75, 3.05) is 24.1 Å². The Morgan fingerprint density at radius 3 is 2.63 bits per heavy atom. The molecule has 1 rings (SSSR count). The first-order valence-electron chi connectivity index (χ1n) is 5.91. The third kappa shape index (κ3) is 5.80. The van der Waals surface area contributed by atoms with Crippen LogP contribution >= 0.6 is 15.9 Å². The van der Waals surface area contributed by atoms with Crippen LogP contribution in [-0.4, -0.2) is 33.9 Å². The fourth-order valence-corrected chi connectivity index (χ4v) is 2.88. The van der Waals surface area contributed by atoms with Gasteiger partial charge in [-0.05, 0) is 28.1 Å². The molecule has 0 saturated heterocycles. The number of benzene rings is 1. The van der Waals surface area contributed by atoms with Crippen LogP contribution in [0.2, 0.25) is 0 Å². The van der Waals surface area contributed by atoms with Gasteiger partial charge in [0, 0.05) is 23.1 Å². The Morgan fingerprint density at radius 1 is 1.37 bits per heavy atom. The number of hydrogen-bond donors (Lipinski definition) is 2. The topological polar surface area (TPSA) is 67.4 Å². The van der Waals surface area contributed by atoms with E-state index < -0.39 is 10.0 Å². The van der Waals surface area contributed by atoms with Crippen molar-refractivity contribution in [1.82, 2.24) is 5.32 Å². The molecule has 19 heavy (non-hydrogen) atoms. The van der Waals surface area contributed by atoms with E-state index >= 15 is 0 Å². The molecule has 7 heteroatoms. The van der Waals surface area contributed by atoms with Gasteiger partial charge in [-0.1, -0.05) is 13.8 Å². The summed E-state index contributed by atoms with van der Waals surface area (Å²) in [4.78, 5) is 0. The van der Waals surface area contributed by atoms with Crippen molar-refractivity contribution in [2.24, 2.45) is 0 Å². The molecule has 0 aliphatic carbocycles. The second kappa shape index (κ2) is 7.12. The molecule has 0 aliphatic rings. The van der Waals surface area contributed by atoms with Crippen molar-refractivity contribution in [1.29, 1.82) is 0 Å². The van der Waals surface area contributed by atoms with Gasteiger partial charge >= 0.3 is 0 Å². The van der Waals surface area contributed by atoms with E-state index in [0.717, 1.165) is 0 Å². The average Bonchev–Trinajstić information content (AvgIpc) is 2.31. The summed E-state index contributed by atoms with van der Waals surface area (Å²) in [6.07, 6.45) is 0. The molecule has 0 saturated carbocycles. The second-order valence-electron chi connectivity index (χ2n) is 4.38. The molecular weight excluding hydrogens is 332 g/mol. The normalized spacial score (nSPS) is 11.6. The lowest BCUT2D eigenvalue weighted by molar-refractivity contribution is 0.415. The highest BCUT2D eigenvalue weighted by Gasteiger charge is 2.13. The summed E-state index contributed by atoms with van der Waals surface area (Å²) < 4.78 is 32.1. The Kier molecular flexibility index (Phi) is 6.09. The highest BCUT2D eigenvalue weighted by Crippen LogP contribution is 2.27. The van der Waals surface area contributed by atoms with Crippen molar-refractivity contribution in [2.45, 2.75) is 19.9 Å². The number of halogens is 1.